The number of pyridine rings is 1. The second-order valence-corrected chi connectivity index (χ2v) is 6.96. The molecule has 0 saturated heterocycles. The summed E-state index contributed by atoms with van der Waals surface area (Å²) in [7, 11) is 0. The van der Waals surface area contributed by atoms with Crippen molar-refractivity contribution in [3.8, 4) is 5.75 Å². The predicted octanol–water partition coefficient (Wildman–Crippen LogP) is 5.04. The van der Waals surface area contributed by atoms with Crippen LogP contribution in [0.4, 0.5) is 5.69 Å². The van der Waals surface area contributed by atoms with Gasteiger partial charge >= 0.3 is 0 Å². The summed E-state index contributed by atoms with van der Waals surface area (Å²) in [6, 6.07) is 17.4. The first-order valence-corrected chi connectivity index (χ1v) is 10.4. The Balaban J connectivity index is 1.49. The first-order chi connectivity index (χ1) is 14.3. The van der Waals surface area contributed by atoms with Gasteiger partial charge in [0.2, 0.25) is 0 Å². The normalized spacial score (nSPS) is 10.7. The third-order valence-electron chi connectivity index (χ3n) is 4.76. The average molecular weight is 392 g/mol. The van der Waals surface area contributed by atoms with Gasteiger partial charge in [0.1, 0.15) is 5.75 Å². The van der Waals surface area contributed by atoms with Crippen LogP contribution in [0.5, 0.6) is 5.75 Å². The number of benzene rings is 2. The molecule has 3 rings (SSSR count). The summed E-state index contributed by atoms with van der Waals surface area (Å²) in [5.74, 6) is 0.533. The molecule has 5 nitrogen and oxygen atoms in total. The van der Waals surface area contributed by atoms with Gasteiger partial charge in [-0.2, -0.15) is 0 Å². The lowest BCUT2D eigenvalue weighted by Crippen LogP contribution is -2.29. The van der Waals surface area contributed by atoms with Gasteiger partial charge in [-0.05, 0) is 30.7 Å². The third-order valence-corrected chi connectivity index (χ3v) is 4.76. The number of aromatic nitrogens is 1. The van der Waals surface area contributed by atoms with Gasteiger partial charge < -0.3 is 15.4 Å². The van der Waals surface area contributed by atoms with Crippen LogP contribution < -0.4 is 15.4 Å². The van der Waals surface area contributed by atoms with Gasteiger partial charge in [0, 0.05) is 30.4 Å². The molecule has 1 heterocycles. The Bertz CT molecular complexity index is 921. The smallest absolute Gasteiger partial charge is 0.255 e. The minimum absolute atomic E-state index is 0.115. The number of ether oxygens (including phenoxy) is 1. The van der Waals surface area contributed by atoms with Gasteiger partial charge in [-0.3, -0.25) is 9.78 Å². The largest absolute Gasteiger partial charge is 0.493 e. The highest BCUT2D eigenvalue weighted by molar-refractivity contribution is 5.97. The van der Waals surface area contributed by atoms with E-state index in [0.717, 1.165) is 29.4 Å². The van der Waals surface area contributed by atoms with Gasteiger partial charge in [0.25, 0.3) is 5.91 Å². The van der Waals surface area contributed by atoms with Crippen LogP contribution in [0.1, 0.15) is 43.0 Å². The zero-order chi connectivity index (χ0) is 20.3. The molecule has 29 heavy (non-hydrogen) atoms. The van der Waals surface area contributed by atoms with E-state index in [4.69, 9.17) is 4.74 Å². The monoisotopic (exact) mass is 391 g/mol. The van der Waals surface area contributed by atoms with Gasteiger partial charge in [-0.1, -0.05) is 56.5 Å². The maximum atomic E-state index is 12.6. The number of carbonyl (C=O) groups is 1. The van der Waals surface area contributed by atoms with Crippen molar-refractivity contribution < 1.29 is 9.53 Å². The minimum atomic E-state index is -0.115. The lowest BCUT2D eigenvalue weighted by Gasteiger charge is -2.13. The maximum Gasteiger partial charge on any atom is 0.255 e. The molecule has 0 bridgehead atoms. The van der Waals surface area contributed by atoms with E-state index in [1.54, 1.807) is 12.3 Å². The Morgan fingerprint density at radius 1 is 0.966 bits per heavy atom. The Morgan fingerprint density at radius 2 is 1.79 bits per heavy atom. The summed E-state index contributed by atoms with van der Waals surface area (Å²) in [5.41, 5.74) is 2.55. The Labute approximate surface area is 172 Å². The highest BCUT2D eigenvalue weighted by Crippen LogP contribution is 2.21. The van der Waals surface area contributed by atoms with Crippen LogP contribution in [0.3, 0.4) is 0 Å². The summed E-state index contributed by atoms with van der Waals surface area (Å²) in [6.07, 6.45) is 6.36. The Hall–Kier alpha value is -3.08. The van der Waals surface area contributed by atoms with E-state index in [1.165, 1.54) is 12.8 Å². The molecule has 0 saturated carbocycles. The first kappa shape index (κ1) is 20.6. The summed E-state index contributed by atoms with van der Waals surface area (Å²) in [6.45, 7) is 3.97. The van der Waals surface area contributed by atoms with Gasteiger partial charge in [-0.15, -0.1) is 0 Å². The Morgan fingerprint density at radius 3 is 2.69 bits per heavy atom. The molecule has 0 radical (unpaired) electrons. The minimum Gasteiger partial charge on any atom is -0.493 e. The van der Waals surface area contributed by atoms with Crippen LogP contribution in [0.25, 0.3) is 10.9 Å². The lowest BCUT2D eigenvalue weighted by molar-refractivity contribution is 0.0951. The Kier molecular flexibility index (Phi) is 7.87. The number of hydrogen-bond acceptors (Lipinski definition) is 4. The van der Waals surface area contributed by atoms with Crippen LogP contribution in [0.2, 0.25) is 0 Å². The van der Waals surface area contributed by atoms with E-state index >= 15 is 0 Å². The van der Waals surface area contributed by atoms with Crippen molar-refractivity contribution in [3.63, 3.8) is 0 Å². The molecule has 0 aliphatic heterocycles. The molecule has 0 spiro atoms. The molecule has 152 valence electrons. The molecule has 2 N–H and O–H groups in total. The van der Waals surface area contributed by atoms with Crippen molar-refractivity contribution in [1.29, 1.82) is 0 Å². The van der Waals surface area contributed by atoms with Crippen molar-refractivity contribution in [1.82, 2.24) is 10.3 Å². The fraction of sp³-hybridized carbons (Fsp3) is 0.333. The highest BCUT2D eigenvalue weighted by atomic mass is 16.5. The predicted molar refractivity (Wildman–Crippen MR) is 119 cm³/mol. The number of hydrogen-bond donors (Lipinski definition) is 2. The zero-order valence-corrected chi connectivity index (χ0v) is 17.0. The van der Waals surface area contributed by atoms with Crippen LogP contribution in [-0.2, 0) is 0 Å². The average Bonchev–Trinajstić information content (AvgIpc) is 2.77. The van der Waals surface area contributed by atoms with E-state index in [-0.39, 0.29) is 5.91 Å². The number of nitrogens with one attached hydrogen (secondary N) is 2. The number of unbranched alkanes of at least 4 members (excludes halogenated alkanes) is 3. The van der Waals surface area contributed by atoms with E-state index < -0.39 is 0 Å². The fourth-order valence-corrected chi connectivity index (χ4v) is 3.21. The second-order valence-electron chi connectivity index (χ2n) is 6.96. The quantitative estimate of drug-likeness (QED) is 0.450. The third kappa shape index (κ3) is 5.95. The summed E-state index contributed by atoms with van der Waals surface area (Å²) >= 11 is 0. The zero-order valence-electron chi connectivity index (χ0n) is 17.0. The lowest BCUT2D eigenvalue weighted by atomic mass is 10.2. The number of para-hydroxylation sites is 2. The van der Waals surface area contributed by atoms with Crippen molar-refractivity contribution in [2.45, 2.75) is 32.6 Å². The fourth-order valence-electron chi connectivity index (χ4n) is 3.21. The molecule has 1 aromatic heterocycles. The van der Waals surface area contributed by atoms with Gasteiger partial charge in [-0.25, -0.2) is 0 Å². The van der Waals surface area contributed by atoms with Gasteiger partial charge in [0.05, 0.1) is 17.7 Å². The number of rotatable bonds is 11. The summed E-state index contributed by atoms with van der Waals surface area (Å²) in [4.78, 5) is 17.0. The molecular weight excluding hydrogens is 362 g/mol. The molecule has 2 aromatic carbocycles. The molecule has 0 unspecified atom stereocenters. The number of amides is 1. The van der Waals surface area contributed by atoms with E-state index in [0.29, 0.717) is 31.0 Å². The first-order valence-electron chi connectivity index (χ1n) is 10.4. The van der Waals surface area contributed by atoms with Crippen molar-refractivity contribution >= 4 is 22.5 Å². The maximum absolute atomic E-state index is 12.6. The standard InChI is InChI=1S/C24H29N3O2/c1-2-3-4-9-18-29-23-13-8-6-11-20(23)24(28)27-17-16-26-22-14-15-25-21-12-7-5-10-19(21)22/h5-8,10-15H,2-4,9,16-18H2,1H3,(H,25,26)(H,27,28). The molecule has 0 fully saturated rings. The van der Waals surface area contributed by atoms with E-state index in [1.807, 2.05) is 48.5 Å². The number of nitrogens with zero attached hydrogens (tertiary/aromatic N) is 1. The molecular formula is C24H29N3O2. The molecule has 3 aromatic rings. The molecule has 1 amide bonds. The second kappa shape index (κ2) is 11.1. The molecule has 0 atom stereocenters. The van der Waals surface area contributed by atoms with Crippen molar-refractivity contribution in [3.05, 3.63) is 66.4 Å². The van der Waals surface area contributed by atoms with Crippen molar-refractivity contribution in [2.24, 2.45) is 0 Å². The highest BCUT2D eigenvalue weighted by Gasteiger charge is 2.11. The molecule has 0 aliphatic carbocycles. The van der Waals surface area contributed by atoms with Crippen LogP contribution in [0.15, 0.2) is 60.8 Å². The van der Waals surface area contributed by atoms with Crippen LogP contribution in [-0.4, -0.2) is 30.6 Å². The SMILES string of the molecule is CCCCCCOc1ccccc1C(=O)NCCNc1ccnc2ccccc12. The van der Waals surface area contributed by atoms with Crippen LogP contribution >= 0.6 is 0 Å². The summed E-state index contributed by atoms with van der Waals surface area (Å²) in [5, 5.41) is 7.42. The van der Waals surface area contributed by atoms with Gasteiger partial charge in [0.15, 0.2) is 0 Å². The van der Waals surface area contributed by atoms with E-state index in [9.17, 15) is 4.79 Å². The topological polar surface area (TPSA) is 63.2 Å². The molecule has 0 aliphatic rings. The summed E-state index contributed by atoms with van der Waals surface area (Å²) < 4.78 is 5.85. The van der Waals surface area contributed by atoms with Crippen LogP contribution in [0, 0.1) is 0 Å². The number of fused-ring (bicyclic) bond motifs is 1. The molecule has 5 heteroatoms. The van der Waals surface area contributed by atoms with Crippen molar-refractivity contribution in [2.75, 3.05) is 25.0 Å². The number of carbonyl (C=O) groups excluding carboxylic acids is 1. The number of anilines is 1. The van der Waals surface area contributed by atoms with E-state index in [2.05, 4.69) is 22.5 Å².